The van der Waals surface area contributed by atoms with Gasteiger partial charge >= 0.3 is 0 Å². The maximum atomic E-state index is 2.40. The topological polar surface area (TPSA) is 6.48 Å². The Kier molecular flexibility index (Phi) is 12.5. The third-order valence-corrected chi connectivity index (χ3v) is 13.3. The van der Waals surface area contributed by atoms with Crippen molar-refractivity contribution in [2.75, 3.05) is 9.80 Å². The summed E-state index contributed by atoms with van der Waals surface area (Å²) in [6.07, 6.45) is 7.63. The highest BCUT2D eigenvalue weighted by atomic mass is 15.1. The van der Waals surface area contributed by atoms with Crippen molar-refractivity contribution in [2.45, 2.75) is 13.3 Å². The summed E-state index contributed by atoms with van der Waals surface area (Å²) >= 11 is 0. The lowest BCUT2D eigenvalue weighted by molar-refractivity contribution is 1.19. The fourth-order valence-corrected chi connectivity index (χ4v) is 9.82. The Morgan fingerprint density at radius 2 is 0.800 bits per heavy atom. The van der Waals surface area contributed by atoms with Crippen LogP contribution >= 0.6 is 0 Å². The van der Waals surface area contributed by atoms with Crippen LogP contribution in [0.3, 0.4) is 0 Å². The summed E-state index contributed by atoms with van der Waals surface area (Å²) in [5.41, 5.74) is 17.3. The number of hydrogen-bond acceptors (Lipinski definition) is 2. The SMILES string of the molecule is C/C=C(\C=C/Cc1cccc2ccccc12)N(c1ccc(-c2cccc3ccccc23)cc1)c1ccc(-c2ccc(N(c3ccccc3)c3ccc(-c4ccccc4)cc3)cc2)c(-c2ccccc2)c1. The Bertz CT molecular complexity index is 3580. The third-order valence-electron chi connectivity index (χ3n) is 13.3. The van der Waals surface area contributed by atoms with Crippen molar-refractivity contribution in [1.82, 2.24) is 0 Å². The van der Waals surface area contributed by atoms with E-state index >= 15 is 0 Å². The summed E-state index contributed by atoms with van der Waals surface area (Å²) in [4.78, 5) is 4.72. The zero-order valence-electron chi connectivity index (χ0n) is 39.2. The van der Waals surface area contributed by atoms with Gasteiger partial charge in [0.05, 0.1) is 0 Å². The molecule has 0 saturated heterocycles. The first-order valence-corrected chi connectivity index (χ1v) is 24.2. The van der Waals surface area contributed by atoms with Gasteiger partial charge in [0.1, 0.15) is 0 Å². The van der Waals surface area contributed by atoms with Crippen LogP contribution in [0, 0.1) is 0 Å². The van der Waals surface area contributed by atoms with Gasteiger partial charge in [-0.25, -0.2) is 0 Å². The number of para-hydroxylation sites is 1. The Labute approximate surface area is 412 Å². The number of fused-ring (bicyclic) bond motifs is 2. The van der Waals surface area contributed by atoms with Gasteiger partial charge in [-0.05, 0) is 152 Å². The lowest BCUT2D eigenvalue weighted by Crippen LogP contribution is -2.15. The number of nitrogens with zero attached hydrogens (tertiary/aromatic N) is 2. The molecule has 0 unspecified atom stereocenters. The molecule has 0 aliphatic heterocycles. The number of anilines is 5. The lowest BCUT2D eigenvalue weighted by Gasteiger charge is -2.28. The molecule has 0 radical (unpaired) electrons. The van der Waals surface area contributed by atoms with Crippen LogP contribution in [0.25, 0.3) is 66.1 Å². The first-order valence-electron chi connectivity index (χ1n) is 24.2. The number of allylic oxidation sites excluding steroid dienone is 3. The molecule has 0 aliphatic carbocycles. The van der Waals surface area contributed by atoms with Crippen LogP contribution in [0.2, 0.25) is 0 Å². The van der Waals surface area contributed by atoms with Gasteiger partial charge in [-0.2, -0.15) is 0 Å². The summed E-state index contributed by atoms with van der Waals surface area (Å²) in [7, 11) is 0. The zero-order valence-corrected chi connectivity index (χ0v) is 39.2. The molecular formula is C68H52N2. The molecule has 0 atom stereocenters. The standard InChI is InChI=1S/C68H52N2/c1-2-58(31-17-27-53-26-16-25-52-23-12-14-32-64(52)53)69(60-43-37-56(38-44-60)66-34-18-28-54-24-13-15-33-65(54)66)63-47-48-67(68(49-63)55-21-8-4-9-22-55)57-39-45-62(46-40-57)70(59-29-10-5-11-30-59)61-41-35-51(36-42-61)50-19-6-3-7-20-50/h2-26,28-49H,27H2,1H3/b31-17-,58-2+. The highest BCUT2D eigenvalue weighted by Gasteiger charge is 2.19. The molecule has 0 spiro atoms. The second kappa shape index (κ2) is 20.1. The normalized spacial score (nSPS) is 11.6. The molecule has 70 heavy (non-hydrogen) atoms. The summed E-state index contributed by atoms with van der Waals surface area (Å²) in [5, 5.41) is 5.04. The summed E-state index contributed by atoms with van der Waals surface area (Å²) in [6.45, 7) is 2.14. The quantitative estimate of drug-likeness (QED) is 0.106. The van der Waals surface area contributed by atoms with Gasteiger partial charge in [0.25, 0.3) is 0 Å². The highest BCUT2D eigenvalue weighted by molar-refractivity contribution is 5.97. The maximum Gasteiger partial charge on any atom is 0.0468 e. The molecule has 2 nitrogen and oxygen atoms in total. The lowest BCUT2D eigenvalue weighted by atomic mass is 9.93. The third kappa shape index (κ3) is 9.07. The average molecular weight is 897 g/mol. The number of benzene rings is 11. The van der Waals surface area contributed by atoms with E-state index in [9.17, 15) is 0 Å². The van der Waals surface area contributed by atoms with E-state index in [1.165, 1.54) is 54.9 Å². The van der Waals surface area contributed by atoms with E-state index in [2.05, 4.69) is 302 Å². The second-order valence-corrected chi connectivity index (χ2v) is 17.6. The van der Waals surface area contributed by atoms with Crippen molar-refractivity contribution in [3.8, 4) is 44.5 Å². The van der Waals surface area contributed by atoms with E-state index in [4.69, 9.17) is 0 Å². The monoisotopic (exact) mass is 896 g/mol. The molecule has 0 aromatic heterocycles. The number of hydrogen-bond donors (Lipinski definition) is 0. The van der Waals surface area contributed by atoms with Gasteiger partial charge in [-0.3, -0.25) is 0 Å². The molecule has 0 saturated carbocycles. The molecule has 0 fully saturated rings. The summed E-state index contributed by atoms with van der Waals surface area (Å²) < 4.78 is 0. The molecule has 0 amide bonds. The molecule has 2 heteroatoms. The van der Waals surface area contributed by atoms with E-state index in [1.807, 2.05) is 0 Å². The summed E-state index contributed by atoms with van der Waals surface area (Å²) in [5.74, 6) is 0. The van der Waals surface area contributed by atoms with Gasteiger partial charge in [-0.15, -0.1) is 0 Å². The van der Waals surface area contributed by atoms with Gasteiger partial charge in [0.15, 0.2) is 0 Å². The molecule has 11 rings (SSSR count). The maximum absolute atomic E-state index is 2.40. The molecule has 0 N–H and O–H groups in total. The molecule has 0 bridgehead atoms. The number of rotatable bonds is 13. The van der Waals surface area contributed by atoms with Crippen molar-refractivity contribution in [1.29, 1.82) is 0 Å². The molecule has 0 aliphatic rings. The van der Waals surface area contributed by atoms with E-state index in [-0.39, 0.29) is 0 Å². The Morgan fingerprint density at radius 3 is 1.46 bits per heavy atom. The van der Waals surface area contributed by atoms with Gasteiger partial charge in [0, 0.05) is 34.1 Å². The second-order valence-electron chi connectivity index (χ2n) is 17.6. The first kappa shape index (κ1) is 43.6. The fraction of sp³-hybridized carbons (Fsp3) is 0.0294. The molecule has 0 heterocycles. The molecule has 334 valence electrons. The van der Waals surface area contributed by atoms with Gasteiger partial charge in [-0.1, -0.05) is 218 Å². The molecule has 11 aromatic carbocycles. The van der Waals surface area contributed by atoms with Crippen LogP contribution in [0.5, 0.6) is 0 Å². The van der Waals surface area contributed by atoms with Crippen molar-refractivity contribution in [2.24, 2.45) is 0 Å². The molecular weight excluding hydrogens is 845 g/mol. The van der Waals surface area contributed by atoms with Crippen LogP contribution in [0.4, 0.5) is 28.4 Å². The minimum absolute atomic E-state index is 0.817. The van der Waals surface area contributed by atoms with Gasteiger partial charge in [0.2, 0.25) is 0 Å². The van der Waals surface area contributed by atoms with Crippen LogP contribution in [-0.4, -0.2) is 0 Å². The van der Waals surface area contributed by atoms with Crippen LogP contribution in [0.15, 0.2) is 291 Å². The van der Waals surface area contributed by atoms with Crippen molar-refractivity contribution in [3.05, 3.63) is 296 Å². The van der Waals surface area contributed by atoms with Crippen LogP contribution in [0.1, 0.15) is 12.5 Å². The smallest absolute Gasteiger partial charge is 0.0468 e. The van der Waals surface area contributed by atoms with Crippen LogP contribution in [-0.2, 0) is 6.42 Å². The Morgan fingerprint density at radius 1 is 0.343 bits per heavy atom. The first-order chi connectivity index (χ1) is 34.7. The summed E-state index contributed by atoms with van der Waals surface area (Å²) in [6, 6.07) is 96.3. The van der Waals surface area contributed by atoms with E-state index in [0.717, 1.165) is 57.2 Å². The zero-order chi connectivity index (χ0) is 47.1. The predicted octanol–water partition coefficient (Wildman–Crippen LogP) is 19.0. The highest BCUT2D eigenvalue weighted by Crippen LogP contribution is 2.42. The van der Waals surface area contributed by atoms with Crippen molar-refractivity contribution in [3.63, 3.8) is 0 Å². The van der Waals surface area contributed by atoms with Crippen molar-refractivity contribution >= 4 is 50.0 Å². The Hall–Kier alpha value is -8.98. The fourth-order valence-electron chi connectivity index (χ4n) is 9.82. The van der Waals surface area contributed by atoms with Crippen molar-refractivity contribution < 1.29 is 0 Å². The average Bonchev–Trinajstić information content (AvgIpc) is 3.44. The van der Waals surface area contributed by atoms with E-state index in [1.54, 1.807) is 0 Å². The van der Waals surface area contributed by atoms with Crippen LogP contribution < -0.4 is 9.80 Å². The Balaban J connectivity index is 0.981. The van der Waals surface area contributed by atoms with E-state index < -0.39 is 0 Å². The molecule has 11 aromatic rings. The van der Waals surface area contributed by atoms with Gasteiger partial charge < -0.3 is 9.80 Å². The van der Waals surface area contributed by atoms with E-state index in [0.29, 0.717) is 0 Å². The minimum atomic E-state index is 0.817. The largest absolute Gasteiger partial charge is 0.311 e. The minimum Gasteiger partial charge on any atom is -0.311 e. The predicted molar refractivity (Wildman–Crippen MR) is 300 cm³/mol.